The van der Waals surface area contributed by atoms with Gasteiger partial charge in [-0.15, -0.1) is 0 Å². The van der Waals surface area contributed by atoms with Crippen LogP contribution in [0.15, 0.2) is 24.3 Å². The first kappa shape index (κ1) is 31.4. The van der Waals surface area contributed by atoms with Gasteiger partial charge in [-0.25, -0.2) is 4.79 Å². The fourth-order valence-electron chi connectivity index (χ4n) is 3.51. The fourth-order valence-corrected chi connectivity index (χ4v) is 3.51. The molecule has 206 valence electrons. The number of nitrogens with one attached hydrogen (secondary N) is 3. The molecule has 0 heterocycles. The number of aromatic hydroxyl groups is 1. The zero-order valence-corrected chi connectivity index (χ0v) is 21.6. The number of amides is 3. The number of hydrogen-bond acceptors (Lipinski definition) is 7. The number of rotatable bonds is 15. The monoisotopic (exact) mass is 522 g/mol. The van der Waals surface area contributed by atoms with Gasteiger partial charge >= 0.3 is 11.9 Å². The van der Waals surface area contributed by atoms with Crippen LogP contribution >= 0.6 is 0 Å². The number of nitrogens with two attached hydrogens (primary N) is 1. The molecule has 4 atom stereocenters. The van der Waals surface area contributed by atoms with Gasteiger partial charge in [-0.05, 0) is 42.4 Å². The lowest BCUT2D eigenvalue weighted by molar-refractivity contribution is -0.142. The molecule has 0 aliphatic heterocycles. The number of hydrogen-bond donors (Lipinski definition) is 7. The zero-order chi connectivity index (χ0) is 28.3. The third kappa shape index (κ3) is 11.3. The molecule has 0 fully saturated rings. The standard InChI is InChI=1S/C25H38N4O8/c1-13(2)11-18(27-22(33)17(26)9-10-20(31)32)23(34)29-21(14(3)4)24(35)28-19(25(36)37)12-15-5-7-16(30)8-6-15/h5-8,13-14,17-19,21,30H,9-12,26H2,1-4H3,(H,27,33)(H,28,35)(H,29,34)(H,31,32)(H,36,37). The molecule has 12 nitrogen and oxygen atoms in total. The van der Waals surface area contributed by atoms with E-state index in [9.17, 15) is 34.2 Å². The summed E-state index contributed by atoms with van der Waals surface area (Å²) in [5.41, 5.74) is 6.33. The van der Waals surface area contributed by atoms with Gasteiger partial charge < -0.3 is 37.0 Å². The second-order valence-electron chi connectivity index (χ2n) is 9.73. The van der Waals surface area contributed by atoms with Gasteiger partial charge in [0.05, 0.1) is 6.04 Å². The van der Waals surface area contributed by atoms with E-state index in [2.05, 4.69) is 16.0 Å². The molecule has 3 amide bonds. The molecule has 0 aliphatic carbocycles. The Hall–Kier alpha value is -3.67. The zero-order valence-electron chi connectivity index (χ0n) is 21.6. The molecule has 0 bridgehead atoms. The lowest BCUT2D eigenvalue weighted by Crippen LogP contribution is -2.58. The highest BCUT2D eigenvalue weighted by molar-refractivity contribution is 5.94. The summed E-state index contributed by atoms with van der Waals surface area (Å²) in [6.45, 7) is 7.03. The van der Waals surface area contributed by atoms with E-state index in [1.165, 1.54) is 12.1 Å². The predicted molar refractivity (Wildman–Crippen MR) is 134 cm³/mol. The maximum Gasteiger partial charge on any atom is 0.326 e. The van der Waals surface area contributed by atoms with Crippen LogP contribution in [0.2, 0.25) is 0 Å². The Morgan fingerprint density at radius 2 is 1.41 bits per heavy atom. The first-order chi connectivity index (χ1) is 17.2. The van der Waals surface area contributed by atoms with Crippen LogP contribution in [0.3, 0.4) is 0 Å². The molecule has 37 heavy (non-hydrogen) atoms. The highest BCUT2D eigenvalue weighted by Crippen LogP contribution is 2.13. The van der Waals surface area contributed by atoms with E-state index >= 15 is 0 Å². The van der Waals surface area contributed by atoms with Crippen molar-refractivity contribution in [3.63, 3.8) is 0 Å². The fraction of sp³-hybridized carbons (Fsp3) is 0.560. The largest absolute Gasteiger partial charge is 0.508 e. The van der Waals surface area contributed by atoms with E-state index < -0.39 is 59.7 Å². The van der Waals surface area contributed by atoms with Crippen molar-refractivity contribution in [2.24, 2.45) is 17.6 Å². The number of carbonyl (C=O) groups excluding carboxylic acids is 3. The molecular weight excluding hydrogens is 484 g/mol. The Bertz CT molecular complexity index is 949. The van der Waals surface area contributed by atoms with Gasteiger partial charge in [0.2, 0.25) is 17.7 Å². The van der Waals surface area contributed by atoms with Crippen LogP contribution in [0.5, 0.6) is 5.75 Å². The van der Waals surface area contributed by atoms with Crippen molar-refractivity contribution >= 4 is 29.7 Å². The molecule has 1 rings (SSSR count). The Balaban J connectivity index is 2.95. The Labute approximate surface area is 216 Å². The average Bonchev–Trinajstić information content (AvgIpc) is 2.80. The van der Waals surface area contributed by atoms with Crippen LogP contribution in [0.25, 0.3) is 0 Å². The molecule has 4 unspecified atom stereocenters. The van der Waals surface area contributed by atoms with Crippen molar-refractivity contribution in [3.05, 3.63) is 29.8 Å². The highest BCUT2D eigenvalue weighted by Gasteiger charge is 2.32. The van der Waals surface area contributed by atoms with Crippen LogP contribution < -0.4 is 21.7 Å². The number of carboxylic acids is 2. The summed E-state index contributed by atoms with van der Waals surface area (Å²) in [6, 6.07) is 1.35. The summed E-state index contributed by atoms with van der Waals surface area (Å²) < 4.78 is 0. The Morgan fingerprint density at radius 1 is 0.838 bits per heavy atom. The molecule has 8 N–H and O–H groups in total. The molecule has 0 aliphatic rings. The predicted octanol–water partition coefficient (Wildman–Crippen LogP) is 0.368. The van der Waals surface area contributed by atoms with E-state index in [1.54, 1.807) is 26.0 Å². The van der Waals surface area contributed by atoms with Gasteiger partial charge in [-0.1, -0.05) is 39.8 Å². The van der Waals surface area contributed by atoms with Crippen LogP contribution in [0.4, 0.5) is 0 Å². The molecule has 0 radical (unpaired) electrons. The lowest BCUT2D eigenvalue weighted by Gasteiger charge is -2.27. The average molecular weight is 523 g/mol. The topological polar surface area (TPSA) is 208 Å². The van der Waals surface area contributed by atoms with Crippen molar-refractivity contribution in [3.8, 4) is 5.75 Å². The van der Waals surface area contributed by atoms with Crippen LogP contribution in [-0.2, 0) is 30.4 Å². The molecule has 1 aromatic carbocycles. The second-order valence-corrected chi connectivity index (χ2v) is 9.73. The first-order valence-electron chi connectivity index (χ1n) is 12.1. The van der Waals surface area contributed by atoms with Gasteiger partial charge in [0.15, 0.2) is 0 Å². The molecule has 0 saturated carbocycles. The highest BCUT2D eigenvalue weighted by atomic mass is 16.4. The van der Waals surface area contributed by atoms with Crippen molar-refractivity contribution < 1.29 is 39.3 Å². The number of benzene rings is 1. The van der Waals surface area contributed by atoms with Crippen LogP contribution in [0, 0.1) is 11.8 Å². The van der Waals surface area contributed by atoms with Gasteiger partial charge in [-0.3, -0.25) is 19.2 Å². The van der Waals surface area contributed by atoms with Crippen LogP contribution in [-0.4, -0.2) is 69.1 Å². The van der Waals surface area contributed by atoms with E-state index in [1.807, 2.05) is 13.8 Å². The summed E-state index contributed by atoms with van der Waals surface area (Å²) in [4.78, 5) is 61.1. The summed E-state index contributed by atoms with van der Waals surface area (Å²) in [5, 5.41) is 35.4. The number of carbonyl (C=O) groups is 5. The minimum absolute atomic E-state index is 0.0145. The maximum atomic E-state index is 13.1. The smallest absolute Gasteiger partial charge is 0.326 e. The molecule has 0 saturated heterocycles. The van der Waals surface area contributed by atoms with E-state index in [4.69, 9.17) is 10.8 Å². The Morgan fingerprint density at radius 3 is 1.89 bits per heavy atom. The van der Waals surface area contributed by atoms with Crippen molar-refractivity contribution in [2.75, 3.05) is 0 Å². The Kier molecular flexibility index (Phi) is 12.5. The molecule has 0 aromatic heterocycles. The molecular formula is C25H38N4O8. The summed E-state index contributed by atoms with van der Waals surface area (Å²) in [5.74, 6) is -4.82. The van der Waals surface area contributed by atoms with Crippen molar-refractivity contribution in [2.45, 2.75) is 77.5 Å². The minimum atomic E-state index is -1.28. The van der Waals surface area contributed by atoms with E-state index in [0.29, 0.717) is 5.56 Å². The third-order valence-electron chi connectivity index (χ3n) is 5.58. The first-order valence-corrected chi connectivity index (χ1v) is 12.1. The number of aliphatic carboxylic acids is 2. The van der Waals surface area contributed by atoms with Crippen molar-refractivity contribution in [1.29, 1.82) is 0 Å². The van der Waals surface area contributed by atoms with E-state index in [0.717, 1.165) is 0 Å². The number of carboxylic acid groups (broad SMARTS) is 2. The second kappa shape index (κ2) is 14.8. The normalized spacial score (nSPS) is 14.4. The molecule has 0 spiro atoms. The van der Waals surface area contributed by atoms with Gasteiger partial charge in [-0.2, -0.15) is 0 Å². The number of phenolic OH excluding ortho intramolecular Hbond substituents is 1. The van der Waals surface area contributed by atoms with Gasteiger partial charge in [0, 0.05) is 12.8 Å². The summed E-state index contributed by atoms with van der Waals surface area (Å²) >= 11 is 0. The summed E-state index contributed by atoms with van der Waals surface area (Å²) in [7, 11) is 0. The minimum Gasteiger partial charge on any atom is -0.508 e. The van der Waals surface area contributed by atoms with E-state index in [-0.39, 0.29) is 37.4 Å². The lowest BCUT2D eigenvalue weighted by atomic mass is 9.98. The van der Waals surface area contributed by atoms with Crippen molar-refractivity contribution in [1.82, 2.24) is 16.0 Å². The number of phenols is 1. The summed E-state index contributed by atoms with van der Waals surface area (Å²) in [6.07, 6.45) is -0.222. The van der Waals surface area contributed by atoms with Gasteiger partial charge in [0.1, 0.15) is 23.9 Å². The SMILES string of the molecule is CC(C)CC(NC(=O)C(N)CCC(=O)O)C(=O)NC(C(=O)NC(Cc1ccc(O)cc1)C(=O)O)C(C)C. The van der Waals surface area contributed by atoms with Crippen LogP contribution in [0.1, 0.15) is 52.5 Å². The maximum absolute atomic E-state index is 13.1. The van der Waals surface area contributed by atoms with Gasteiger partial charge in [0.25, 0.3) is 0 Å². The third-order valence-corrected chi connectivity index (χ3v) is 5.58. The molecule has 12 heteroatoms. The quantitative estimate of drug-likeness (QED) is 0.169. The molecule has 1 aromatic rings.